The molecule has 1 unspecified atom stereocenters. The SMILES string of the molecule is CN=C(NCCC(C)N(C)Cc1ccccc1)NCCn1cccn1.I. The molecule has 6 nitrogen and oxygen atoms in total. The van der Waals surface area contributed by atoms with Crippen molar-refractivity contribution in [2.75, 3.05) is 27.2 Å². The smallest absolute Gasteiger partial charge is 0.191 e. The summed E-state index contributed by atoms with van der Waals surface area (Å²) in [6.45, 7) is 5.74. The van der Waals surface area contributed by atoms with Crippen LogP contribution in [0.4, 0.5) is 0 Å². The Labute approximate surface area is 174 Å². The van der Waals surface area contributed by atoms with E-state index in [2.05, 4.69) is 69.9 Å². The number of halogens is 1. The van der Waals surface area contributed by atoms with E-state index in [0.29, 0.717) is 6.04 Å². The average Bonchev–Trinajstić information content (AvgIpc) is 3.14. The maximum Gasteiger partial charge on any atom is 0.191 e. The summed E-state index contributed by atoms with van der Waals surface area (Å²) in [5.41, 5.74) is 1.35. The lowest BCUT2D eigenvalue weighted by Crippen LogP contribution is -2.41. The molecule has 0 fully saturated rings. The highest BCUT2D eigenvalue weighted by Gasteiger charge is 2.09. The number of rotatable bonds is 9. The molecule has 0 bridgehead atoms. The minimum absolute atomic E-state index is 0. The van der Waals surface area contributed by atoms with E-state index in [9.17, 15) is 0 Å². The Morgan fingerprint density at radius 1 is 1.19 bits per heavy atom. The highest BCUT2D eigenvalue weighted by molar-refractivity contribution is 14.0. The van der Waals surface area contributed by atoms with Crippen LogP contribution in [-0.4, -0.2) is 53.9 Å². The molecule has 144 valence electrons. The van der Waals surface area contributed by atoms with Crippen molar-refractivity contribution < 1.29 is 0 Å². The summed E-state index contributed by atoms with van der Waals surface area (Å²) in [7, 11) is 3.98. The fraction of sp³-hybridized carbons (Fsp3) is 0.474. The molecule has 0 aliphatic carbocycles. The van der Waals surface area contributed by atoms with Crippen LogP contribution in [-0.2, 0) is 13.1 Å². The van der Waals surface area contributed by atoms with Crippen LogP contribution in [0.25, 0.3) is 0 Å². The maximum atomic E-state index is 4.27. The first-order valence-electron chi connectivity index (χ1n) is 8.85. The van der Waals surface area contributed by atoms with Crippen molar-refractivity contribution in [1.29, 1.82) is 0 Å². The van der Waals surface area contributed by atoms with E-state index in [1.54, 1.807) is 13.2 Å². The normalized spacial score (nSPS) is 12.5. The number of nitrogens with one attached hydrogen (secondary N) is 2. The highest BCUT2D eigenvalue weighted by atomic mass is 127. The van der Waals surface area contributed by atoms with Crippen LogP contribution in [0.1, 0.15) is 18.9 Å². The molecule has 0 aliphatic rings. The number of benzene rings is 1. The Hall–Kier alpha value is -1.61. The van der Waals surface area contributed by atoms with Crippen LogP contribution in [0.15, 0.2) is 53.8 Å². The van der Waals surface area contributed by atoms with Gasteiger partial charge in [-0.3, -0.25) is 14.6 Å². The molecule has 0 aliphatic heterocycles. The van der Waals surface area contributed by atoms with Gasteiger partial charge in [0.05, 0.1) is 6.54 Å². The van der Waals surface area contributed by atoms with Crippen molar-refractivity contribution in [2.24, 2.45) is 4.99 Å². The van der Waals surface area contributed by atoms with Crippen molar-refractivity contribution in [1.82, 2.24) is 25.3 Å². The van der Waals surface area contributed by atoms with Crippen LogP contribution >= 0.6 is 24.0 Å². The molecule has 0 spiro atoms. The van der Waals surface area contributed by atoms with Crippen molar-refractivity contribution in [3.63, 3.8) is 0 Å². The Morgan fingerprint density at radius 2 is 1.92 bits per heavy atom. The lowest BCUT2D eigenvalue weighted by molar-refractivity contribution is 0.238. The molecule has 1 heterocycles. The van der Waals surface area contributed by atoms with Gasteiger partial charge >= 0.3 is 0 Å². The Balaban J connectivity index is 0.00000338. The van der Waals surface area contributed by atoms with E-state index in [1.807, 2.05) is 16.9 Å². The zero-order valence-electron chi connectivity index (χ0n) is 15.9. The standard InChI is InChI=1S/C19H30N6.HI/c1-17(24(3)16-18-8-5-4-6-9-18)10-12-21-19(20-2)22-13-15-25-14-7-11-23-25;/h4-9,11,14,17H,10,12-13,15-16H2,1-3H3,(H2,20,21,22);1H. The molecule has 0 saturated carbocycles. The van der Waals surface area contributed by atoms with Gasteiger partial charge in [-0.2, -0.15) is 5.10 Å². The monoisotopic (exact) mass is 470 g/mol. The number of nitrogens with zero attached hydrogens (tertiary/aromatic N) is 4. The molecule has 26 heavy (non-hydrogen) atoms. The second-order valence-corrected chi connectivity index (χ2v) is 6.23. The predicted molar refractivity (Wildman–Crippen MR) is 119 cm³/mol. The van der Waals surface area contributed by atoms with E-state index in [-0.39, 0.29) is 24.0 Å². The lowest BCUT2D eigenvalue weighted by atomic mass is 10.1. The quantitative estimate of drug-likeness (QED) is 0.336. The van der Waals surface area contributed by atoms with Crippen LogP contribution in [0.3, 0.4) is 0 Å². The molecule has 2 N–H and O–H groups in total. The van der Waals surface area contributed by atoms with Crippen molar-refractivity contribution in [3.05, 3.63) is 54.4 Å². The van der Waals surface area contributed by atoms with Crippen LogP contribution in [0, 0.1) is 0 Å². The van der Waals surface area contributed by atoms with Crippen molar-refractivity contribution >= 4 is 29.9 Å². The molecule has 0 amide bonds. The number of hydrogen-bond acceptors (Lipinski definition) is 3. The molecule has 7 heteroatoms. The summed E-state index contributed by atoms with van der Waals surface area (Å²) in [4.78, 5) is 6.65. The molecule has 1 aromatic carbocycles. The van der Waals surface area contributed by atoms with Gasteiger partial charge in [0.2, 0.25) is 0 Å². The van der Waals surface area contributed by atoms with Gasteiger partial charge in [-0.15, -0.1) is 24.0 Å². The van der Waals surface area contributed by atoms with Crippen molar-refractivity contribution in [3.8, 4) is 0 Å². The van der Waals surface area contributed by atoms with Gasteiger partial charge in [-0.1, -0.05) is 30.3 Å². The van der Waals surface area contributed by atoms with Crippen LogP contribution < -0.4 is 10.6 Å². The predicted octanol–water partition coefficient (Wildman–Crippen LogP) is 2.58. The topological polar surface area (TPSA) is 57.5 Å². The van der Waals surface area contributed by atoms with E-state index in [4.69, 9.17) is 0 Å². The summed E-state index contributed by atoms with van der Waals surface area (Å²) in [5, 5.41) is 10.9. The van der Waals surface area contributed by atoms with Gasteiger partial charge < -0.3 is 10.6 Å². The second kappa shape index (κ2) is 12.7. The van der Waals surface area contributed by atoms with Gasteiger partial charge in [-0.25, -0.2) is 0 Å². The van der Waals surface area contributed by atoms with Gasteiger partial charge in [0.25, 0.3) is 0 Å². The number of aromatic nitrogens is 2. The second-order valence-electron chi connectivity index (χ2n) is 6.23. The third-order valence-corrected chi connectivity index (χ3v) is 4.30. The summed E-state index contributed by atoms with van der Waals surface area (Å²) < 4.78 is 1.90. The lowest BCUT2D eigenvalue weighted by Gasteiger charge is -2.25. The molecule has 2 rings (SSSR count). The first-order valence-corrected chi connectivity index (χ1v) is 8.85. The Bertz CT molecular complexity index is 614. The zero-order chi connectivity index (χ0) is 17.9. The largest absolute Gasteiger partial charge is 0.356 e. The molecule has 0 saturated heterocycles. The van der Waals surface area contributed by atoms with Crippen molar-refractivity contribution in [2.45, 2.75) is 32.5 Å². The van der Waals surface area contributed by atoms with E-state index in [1.165, 1.54) is 5.56 Å². The Kier molecular flexibility index (Phi) is 11.0. The first kappa shape index (κ1) is 22.4. The summed E-state index contributed by atoms with van der Waals surface area (Å²) >= 11 is 0. The number of guanidine groups is 1. The average molecular weight is 470 g/mol. The fourth-order valence-electron chi connectivity index (χ4n) is 2.59. The first-order chi connectivity index (χ1) is 12.2. The van der Waals surface area contributed by atoms with E-state index < -0.39 is 0 Å². The number of hydrogen-bond donors (Lipinski definition) is 2. The number of aliphatic imine (C=N–C) groups is 1. The van der Waals surface area contributed by atoms with Gasteiger partial charge in [-0.05, 0) is 32.0 Å². The van der Waals surface area contributed by atoms with Crippen LogP contribution in [0.5, 0.6) is 0 Å². The Morgan fingerprint density at radius 3 is 2.58 bits per heavy atom. The highest BCUT2D eigenvalue weighted by Crippen LogP contribution is 2.07. The zero-order valence-corrected chi connectivity index (χ0v) is 18.3. The molecule has 0 radical (unpaired) electrons. The van der Waals surface area contributed by atoms with E-state index in [0.717, 1.165) is 38.6 Å². The van der Waals surface area contributed by atoms with Crippen LogP contribution in [0.2, 0.25) is 0 Å². The summed E-state index contributed by atoms with van der Waals surface area (Å²) in [6.07, 6.45) is 4.81. The van der Waals surface area contributed by atoms with Gasteiger partial charge in [0.1, 0.15) is 0 Å². The summed E-state index contributed by atoms with van der Waals surface area (Å²) in [5.74, 6) is 0.838. The molecule has 1 atom stereocenters. The molecule has 1 aromatic heterocycles. The minimum Gasteiger partial charge on any atom is -0.356 e. The molecular weight excluding hydrogens is 439 g/mol. The van der Waals surface area contributed by atoms with Gasteiger partial charge in [0.15, 0.2) is 5.96 Å². The molecule has 2 aromatic rings. The third kappa shape index (κ3) is 8.18. The minimum atomic E-state index is 0. The maximum absolute atomic E-state index is 4.27. The summed E-state index contributed by atoms with van der Waals surface area (Å²) in [6, 6.07) is 13.0. The fourth-order valence-corrected chi connectivity index (χ4v) is 2.59. The van der Waals surface area contributed by atoms with E-state index >= 15 is 0 Å². The third-order valence-electron chi connectivity index (χ3n) is 4.30. The van der Waals surface area contributed by atoms with Gasteiger partial charge in [0, 0.05) is 45.1 Å². The molecular formula is C19H31IN6.